The van der Waals surface area contributed by atoms with Gasteiger partial charge in [-0.25, -0.2) is 18.5 Å². The normalized spacial score (nSPS) is 26.8. The number of nitrogens with one attached hydrogen (secondary N) is 1. The van der Waals surface area contributed by atoms with Gasteiger partial charge >= 0.3 is 35.1 Å². The topological polar surface area (TPSA) is 328 Å². The number of carboxylic acid groups (broad SMARTS) is 1. The quantitative estimate of drug-likeness (QED) is 0.109. The first kappa shape index (κ1) is 30.6. The summed E-state index contributed by atoms with van der Waals surface area (Å²) >= 11 is 0. The molecule has 1 fully saturated rings. The van der Waals surface area contributed by atoms with Gasteiger partial charge in [0.2, 0.25) is 0 Å². The molecule has 36 heavy (non-hydrogen) atoms. The third kappa shape index (κ3) is 8.20. The lowest BCUT2D eigenvalue weighted by Crippen LogP contribution is -2.41. The van der Waals surface area contributed by atoms with Crippen LogP contribution in [0.5, 0.6) is 0 Å². The molecule has 0 radical (unpaired) electrons. The van der Waals surface area contributed by atoms with Crippen molar-refractivity contribution in [2.45, 2.75) is 43.4 Å². The number of phosphoric ester groups is 1. The Morgan fingerprint density at radius 2 is 1.72 bits per heavy atom. The van der Waals surface area contributed by atoms with E-state index in [4.69, 9.17) is 30.3 Å². The van der Waals surface area contributed by atoms with Crippen LogP contribution in [0, 0.1) is 0 Å². The van der Waals surface area contributed by atoms with Gasteiger partial charge in [-0.3, -0.25) is 18.7 Å². The van der Waals surface area contributed by atoms with Crippen LogP contribution in [0.4, 0.5) is 0 Å². The number of hydrogen-bond acceptors (Lipinski definition) is 13. The van der Waals surface area contributed by atoms with Crippen LogP contribution in [0.2, 0.25) is 0 Å². The number of aliphatic carboxylic acids is 1. The highest BCUT2D eigenvalue weighted by atomic mass is 31.3. The SMILES string of the molecule is NC(CCn1c(=O)[nH]cc([C@@H]2O[C@H](COP(=O)(O)OP(=O)(O)OP(=O)(O)O)[C@@H](O)[C@H]2O)c1=O)C(=O)O. The molecule has 7 atom stereocenters. The number of hydrogen-bond donors (Lipinski definition) is 9. The molecule has 23 heteroatoms. The summed E-state index contributed by atoms with van der Waals surface area (Å²) in [5.41, 5.74) is 2.95. The zero-order valence-corrected chi connectivity index (χ0v) is 20.3. The average molecular weight is 585 g/mol. The van der Waals surface area contributed by atoms with Crippen molar-refractivity contribution in [3.05, 3.63) is 32.6 Å². The molecule has 0 bridgehead atoms. The van der Waals surface area contributed by atoms with Crippen LogP contribution in [-0.2, 0) is 42.9 Å². The zero-order chi connectivity index (χ0) is 27.6. The van der Waals surface area contributed by atoms with E-state index in [2.05, 4.69) is 18.1 Å². The van der Waals surface area contributed by atoms with Gasteiger partial charge in [-0.15, -0.1) is 0 Å². The molecule has 1 aromatic heterocycles. The van der Waals surface area contributed by atoms with E-state index in [1.165, 1.54) is 0 Å². The van der Waals surface area contributed by atoms with E-state index in [-0.39, 0.29) is 6.42 Å². The number of aromatic amines is 1. The van der Waals surface area contributed by atoms with Crippen molar-refractivity contribution in [1.29, 1.82) is 0 Å². The van der Waals surface area contributed by atoms with Crippen LogP contribution in [0.15, 0.2) is 15.8 Å². The van der Waals surface area contributed by atoms with Gasteiger partial charge in [-0.1, -0.05) is 0 Å². The van der Waals surface area contributed by atoms with Gasteiger partial charge in [-0.2, -0.15) is 8.62 Å². The number of aromatic nitrogens is 2. The maximum Gasteiger partial charge on any atom is 0.490 e. The molecule has 0 aliphatic carbocycles. The average Bonchev–Trinajstić information content (AvgIpc) is 2.97. The first-order chi connectivity index (χ1) is 16.3. The second-order valence-corrected chi connectivity index (χ2v) is 11.6. The van der Waals surface area contributed by atoms with Crippen LogP contribution < -0.4 is 17.0 Å². The molecular formula is C13H22N3O17P3. The Bertz CT molecular complexity index is 1220. The largest absolute Gasteiger partial charge is 0.490 e. The van der Waals surface area contributed by atoms with Crippen molar-refractivity contribution in [2.75, 3.05) is 6.61 Å². The van der Waals surface area contributed by atoms with Gasteiger partial charge in [0, 0.05) is 12.7 Å². The molecule has 10 N–H and O–H groups in total. The van der Waals surface area contributed by atoms with E-state index in [1.54, 1.807) is 0 Å². The molecule has 1 aromatic rings. The van der Waals surface area contributed by atoms with E-state index in [9.17, 15) is 43.2 Å². The molecule has 0 spiro atoms. The molecule has 20 nitrogen and oxygen atoms in total. The summed E-state index contributed by atoms with van der Waals surface area (Å²) in [7, 11) is -17.0. The first-order valence-corrected chi connectivity index (χ1v) is 14.0. The van der Waals surface area contributed by atoms with Crippen molar-refractivity contribution in [1.82, 2.24) is 9.55 Å². The third-order valence-corrected chi connectivity index (χ3v) is 8.36. The number of aliphatic hydroxyl groups excluding tert-OH is 2. The Morgan fingerprint density at radius 1 is 1.11 bits per heavy atom. The molecule has 2 rings (SSSR count). The number of H-pyrrole nitrogens is 1. The summed E-state index contributed by atoms with van der Waals surface area (Å²) in [5.74, 6) is -1.38. The molecule has 1 saturated heterocycles. The molecular weight excluding hydrogens is 563 g/mol. The molecule has 3 unspecified atom stereocenters. The molecule has 0 amide bonds. The lowest BCUT2D eigenvalue weighted by Gasteiger charge is -2.19. The number of phosphoric acid groups is 3. The van der Waals surface area contributed by atoms with E-state index >= 15 is 0 Å². The van der Waals surface area contributed by atoms with Gasteiger partial charge in [-0.05, 0) is 6.42 Å². The third-order valence-electron chi connectivity index (χ3n) is 4.56. The number of rotatable bonds is 12. The first-order valence-electron chi connectivity index (χ1n) is 9.44. The summed E-state index contributed by atoms with van der Waals surface area (Å²) in [6.45, 7) is -1.56. The molecule has 1 aliphatic heterocycles. The number of carboxylic acids is 1. The highest BCUT2D eigenvalue weighted by Gasteiger charge is 2.47. The van der Waals surface area contributed by atoms with Crippen LogP contribution in [-0.4, -0.2) is 81.4 Å². The van der Waals surface area contributed by atoms with Crippen molar-refractivity contribution >= 4 is 29.4 Å². The summed E-state index contributed by atoms with van der Waals surface area (Å²) in [5, 5.41) is 29.3. The Hall–Kier alpha value is -1.60. The Labute approximate surface area is 199 Å². The maximum atomic E-state index is 12.7. The van der Waals surface area contributed by atoms with Crippen molar-refractivity contribution in [3.8, 4) is 0 Å². The van der Waals surface area contributed by atoms with E-state index in [1.807, 2.05) is 0 Å². The van der Waals surface area contributed by atoms with E-state index < -0.39 is 89.9 Å². The van der Waals surface area contributed by atoms with Crippen LogP contribution in [0.1, 0.15) is 18.1 Å². The number of nitrogens with zero attached hydrogens (tertiary/aromatic N) is 1. The second-order valence-electron chi connectivity index (χ2n) is 7.20. The smallest absolute Gasteiger partial charge is 0.480 e. The summed E-state index contributed by atoms with van der Waals surface area (Å²) in [4.78, 5) is 73.3. The Balaban J connectivity index is 2.15. The number of ether oxygens (including phenoxy) is 1. The fourth-order valence-corrected chi connectivity index (χ4v) is 5.97. The molecule has 1 aliphatic rings. The minimum atomic E-state index is -5.80. The monoisotopic (exact) mass is 585 g/mol. The predicted molar refractivity (Wildman–Crippen MR) is 111 cm³/mol. The summed E-state index contributed by atoms with van der Waals surface area (Å²) in [6.07, 6.45) is -6.53. The van der Waals surface area contributed by atoms with Gasteiger partial charge in [0.05, 0.1) is 12.2 Å². The Morgan fingerprint density at radius 3 is 2.28 bits per heavy atom. The summed E-state index contributed by atoms with van der Waals surface area (Å²) < 4.78 is 51.0. The fraction of sp³-hybridized carbons (Fsp3) is 0.615. The number of carbonyl (C=O) groups is 1. The van der Waals surface area contributed by atoms with Crippen LogP contribution >= 0.6 is 23.5 Å². The number of aliphatic hydroxyl groups is 2. The highest BCUT2D eigenvalue weighted by Crippen LogP contribution is 2.66. The second kappa shape index (κ2) is 11.4. The summed E-state index contributed by atoms with van der Waals surface area (Å²) in [6, 6.07) is -1.39. The lowest BCUT2D eigenvalue weighted by molar-refractivity contribution is -0.138. The van der Waals surface area contributed by atoms with Gasteiger partial charge in [0.1, 0.15) is 30.5 Å². The molecule has 0 aromatic carbocycles. The lowest BCUT2D eigenvalue weighted by atomic mass is 10.0. The van der Waals surface area contributed by atoms with Crippen molar-refractivity contribution in [3.63, 3.8) is 0 Å². The molecule has 0 saturated carbocycles. The maximum absolute atomic E-state index is 12.7. The zero-order valence-electron chi connectivity index (χ0n) is 17.7. The number of nitrogens with two attached hydrogens (primary N) is 1. The minimum Gasteiger partial charge on any atom is -0.480 e. The van der Waals surface area contributed by atoms with Gasteiger partial charge < -0.3 is 50.3 Å². The molecule has 206 valence electrons. The van der Waals surface area contributed by atoms with Crippen molar-refractivity contribution < 1.29 is 71.3 Å². The van der Waals surface area contributed by atoms with Crippen molar-refractivity contribution in [2.24, 2.45) is 5.73 Å². The van der Waals surface area contributed by atoms with E-state index in [0.717, 1.165) is 6.20 Å². The molecule has 2 heterocycles. The standard InChI is InChI=1S/C13H22N3O17P3/c14-6(12(20)21)1-2-16-11(19)5(3-15-13(16)22)10-9(18)8(17)7(31-10)4-30-35(26,27)33-36(28,29)32-34(23,24)25/h3,6-10,17-18H,1-2,4,14H2,(H,15,22)(H,20,21)(H,26,27)(H,28,29)(H2,23,24,25)/t6?,7-,8-,9-,10+/m1/s1. The van der Waals surface area contributed by atoms with Crippen LogP contribution in [0.3, 0.4) is 0 Å². The fourth-order valence-electron chi connectivity index (χ4n) is 2.94. The van der Waals surface area contributed by atoms with Gasteiger partial charge in [0.15, 0.2) is 0 Å². The Kier molecular flexibility index (Phi) is 9.72. The van der Waals surface area contributed by atoms with E-state index in [0.29, 0.717) is 4.57 Å². The highest BCUT2D eigenvalue weighted by molar-refractivity contribution is 7.66. The minimum absolute atomic E-state index is 0.318. The van der Waals surface area contributed by atoms with Gasteiger partial charge in [0.25, 0.3) is 5.56 Å². The predicted octanol–water partition coefficient (Wildman–Crippen LogP) is -3.16. The van der Waals surface area contributed by atoms with Crippen LogP contribution in [0.25, 0.3) is 0 Å².